The largest absolute Gasteiger partial charge is 0.481 e. The van der Waals surface area contributed by atoms with Gasteiger partial charge in [-0.15, -0.1) is 0 Å². The molecule has 2 rings (SSSR count). The number of halogens is 3. The lowest BCUT2D eigenvalue weighted by molar-refractivity contribution is -0.143. The van der Waals surface area contributed by atoms with Crippen molar-refractivity contribution < 1.29 is 27.9 Å². The van der Waals surface area contributed by atoms with Crippen molar-refractivity contribution in [3.63, 3.8) is 0 Å². The normalized spacial score (nSPS) is 18.6. The molecule has 1 aliphatic heterocycles. The first-order chi connectivity index (χ1) is 10.7. The van der Waals surface area contributed by atoms with Crippen LogP contribution in [0.25, 0.3) is 0 Å². The molecule has 0 saturated carbocycles. The van der Waals surface area contributed by atoms with Crippen LogP contribution < -0.4 is 5.32 Å². The summed E-state index contributed by atoms with van der Waals surface area (Å²) in [5.41, 5.74) is -0.491. The van der Waals surface area contributed by atoms with Crippen LogP contribution in [0.15, 0.2) is 18.2 Å². The molecule has 1 aliphatic rings. The van der Waals surface area contributed by atoms with E-state index >= 15 is 0 Å². The van der Waals surface area contributed by atoms with Gasteiger partial charge in [0.15, 0.2) is 0 Å². The van der Waals surface area contributed by atoms with Gasteiger partial charge in [-0.3, -0.25) is 4.79 Å². The van der Waals surface area contributed by atoms with E-state index in [1.807, 2.05) is 0 Å². The number of anilines is 1. The summed E-state index contributed by atoms with van der Waals surface area (Å²) in [4.78, 5) is 24.5. The molecule has 2 amide bonds. The van der Waals surface area contributed by atoms with E-state index in [1.54, 1.807) is 0 Å². The average Bonchev–Trinajstić information content (AvgIpc) is 2.46. The summed E-state index contributed by atoms with van der Waals surface area (Å²) >= 11 is 0. The third-order valence-corrected chi connectivity index (χ3v) is 3.84. The number of nitrogens with zero attached hydrogens (tertiary/aromatic N) is 1. The number of likely N-dealkylation sites (tertiary alicyclic amines) is 1. The number of carbonyl (C=O) groups is 2. The maximum absolute atomic E-state index is 12.7. The minimum Gasteiger partial charge on any atom is -0.481 e. The number of hydrogen-bond donors (Lipinski definition) is 2. The molecule has 1 aromatic carbocycles. The summed E-state index contributed by atoms with van der Waals surface area (Å²) in [6, 6.07) is 2.85. The van der Waals surface area contributed by atoms with Crippen molar-refractivity contribution in [3.05, 3.63) is 29.3 Å². The summed E-state index contributed by atoms with van der Waals surface area (Å²) < 4.78 is 38.1. The smallest absolute Gasteiger partial charge is 0.416 e. The monoisotopic (exact) mass is 330 g/mol. The number of rotatable bonds is 2. The van der Waals surface area contributed by atoms with E-state index in [2.05, 4.69) is 5.32 Å². The predicted octanol–water partition coefficient (Wildman–Crippen LogP) is 3.34. The van der Waals surface area contributed by atoms with Crippen LogP contribution in [0, 0.1) is 12.8 Å². The maximum Gasteiger partial charge on any atom is 0.416 e. The second-order valence-corrected chi connectivity index (χ2v) is 5.58. The molecule has 1 atom stereocenters. The summed E-state index contributed by atoms with van der Waals surface area (Å²) in [6.45, 7) is 1.84. The Morgan fingerprint density at radius 1 is 1.35 bits per heavy atom. The van der Waals surface area contributed by atoms with E-state index in [0.29, 0.717) is 19.4 Å². The van der Waals surface area contributed by atoms with Gasteiger partial charge < -0.3 is 15.3 Å². The van der Waals surface area contributed by atoms with Gasteiger partial charge in [-0.05, 0) is 43.5 Å². The van der Waals surface area contributed by atoms with Crippen LogP contribution in [0.5, 0.6) is 0 Å². The molecule has 8 heteroatoms. The number of carboxylic acids is 1. The third-order valence-electron chi connectivity index (χ3n) is 3.84. The van der Waals surface area contributed by atoms with Crippen LogP contribution in [-0.4, -0.2) is 35.1 Å². The van der Waals surface area contributed by atoms with Gasteiger partial charge in [0.25, 0.3) is 0 Å². The molecule has 2 N–H and O–H groups in total. The molecule has 0 radical (unpaired) electrons. The Hall–Kier alpha value is -2.25. The fourth-order valence-corrected chi connectivity index (χ4v) is 2.63. The van der Waals surface area contributed by atoms with Crippen LogP contribution in [0.2, 0.25) is 0 Å². The standard InChI is InChI=1S/C15H17F3N2O3/c1-9-7-11(4-5-12(9)15(16,17)18)19-14(23)20-6-2-3-10(8-20)13(21)22/h4-5,7,10H,2-3,6,8H2,1H3,(H,19,23)(H,21,22). The fraction of sp³-hybridized carbons (Fsp3) is 0.467. The molecule has 0 spiro atoms. The molecular formula is C15H17F3N2O3. The Bertz CT molecular complexity index is 616. The molecule has 1 aromatic rings. The number of nitrogens with one attached hydrogen (secondary N) is 1. The zero-order chi connectivity index (χ0) is 17.2. The van der Waals surface area contributed by atoms with Gasteiger partial charge in [-0.2, -0.15) is 13.2 Å². The summed E-state index contributed by atoms with van der Waals surface area (Å²) in [5.74, 6) is -1.56. The summed E-state index contributed by atoms with van der Waals surface area (Å²) in [6.07, 6.45) is -3.34. The van der Waals surface area contributed by atoms with Crippen molar-refractivity contribution in [2.45, 2.75) is 25.9 Å². The van der Waals surface area contributed by atoms with Crippen LogP contribution in [0.4, 0.5) is 23.7 Å². The van der Waals surface area contributed by atoms with Gasteiger partial charge in [0, 0.05) is 18.8 Å². The van der Waals surface area contributed by atoms with Crippen molar-refractivity contribution in [1.82, 2.24) is 4.90 Å². The number of carbonyl (C=O) groups excluding carboxylic acids is 1. The van der Waals surface area contributed by atoms with Gasteiger partial charge in [-0.25, -0.2) is 4.79 Å². The van der Waals surface area contributed by atoms with Crippen molar-refractivity contribution >= 4 is 17.7 Å². The molecule has 1 fully saturated rings. The molecule has 1 heterocycles. The summed E-state index contributed by atoms with van der Waals surface area (Å²) in [7, 11) is 0. The van der Waals surface area contributed by atoms with Crippen LogP contribution >= 0.6 is 0 Å². The first kappa shape index (κ1) is 17.1. The topological polar surface area (TPSA) is 69.6 Å². The fourth-order valence-electron chi connectivity index (χ4n) is 2.63. The number of benzene rings is 1. The molecule has 5 nitrogen and oxygen atoms in total. The van der Waals surface area contributed by atoms with Gasteiger partial charge in [0.05, 0.1) is 11.5 Å². The SMILES string of the molecule is Cc1cc(NC(=O)N2CCCC(C(=O)O)C2)ccc1C(F)(F)F. The maximum atomic E-state index is 12.7. The Morgan fingerprint density at radius 3 is 2.61 bits per heavy atom. The zero-order valence-electron chi connectivity index (χ0n) is 12.5. The number of aryl methyl sites for hydroxylation is 1. The van der Waals surface area contributed by atoms with E-state index in [-0.39, 0.29) is 17.8 Å². The van der Waals surface area contributed by atoms with E-state index in [1.165, 1.54) is 24.0 Å². The number of aliphatic carboxylic acids is 1. The number of hydrogen-bond acceptors (Lipinski definition) is 2. The lowest BCUT2D eigenvalue weighted by Crippen LogP contribution is -2.44. The number of amides is 2. The Balaban J connectivity index is 2.06. The lowest BCUT2D eigenvalue weighted by Gasteiger charge is -2.30. The van der Waals surface area contributed by atoms with Crippen LogP contribution in [0.1, 0.15) is 24.0 Å². The first-order valence-corrected chi connectivity index (χ1v) is 7.15. The van der Waals surface area contributed by atoms with Crippen molar-refractivity contribution in [3.8, 4) is 0 Å². The second kappa shape index (κ2) is 6.47. The van der Waals surface area contributed by atoms with Crippen molar-refractivity contribution in [1.29, 1.82) is 0 Å². The molecular weight excluding hydrogens is 313 g/mol. The Morgan fingerprint density at radius 2 is 2.04 bits per heavy atom. The molecule has 1 saturated heterocycles. The highest BCUT2D eigenvalue weighted by molar-refractivity contribution is 5.90. The van der Waals surface area contributed by atoms with Gasteiger partial charge in [-0.1, -0.05) is 0 Å². The molecule has 1 unspecified atom stereocenters. The van der Waals surface area contributed by atoms with Crippen molar-refractivity contribution in [2.75, 3.05) is 18.4 Å². The first-order valence-electron chi connectivity index (χ1n) is 7.15. The zero-order valence-corrected chi connectivity index (χ0v) is 12.5. The average molecular weight is 330 g/mol. The van der Waals surface area contributed by atoms with Gasteiger partial charge >= 0.3 is 18.2 Å². The Labute approximate surface area is 131 Å². The van der Waals surface area contributed by atoms with E-state index in [4.69, 9.17) is 5.11 Å². The van der Waals surface area contributed by atoms with E-state index in [0.717, 1.165) is 6.07 Å². The molecule has 0 aliphatic carbocycles. The van der Waals surface area contributed by atoms with Gasteiger partial charge in [0.1, 0.15) is 0 Å². The second-order valence-electron chi connectivity index (χ2n) is 5.58. The van der Waals surface area contributed by atoms with E-state index in [9.17, 15) is 22.8 Å². The van der Waals surface area contributed by atoms with Crippen LogP contribution in [-0.2, 0) is 11.0 Å². The van der Waals surface area contributed by atoms with Crippen molar-refractivity contribution in [2.24, 2.45) is 5.92 Å². The number of carboxylic acid groups (broad SMARTS) is 1. The molecule has 126 valence electrons. The lowest BCUT2D eigenvalue weighted by atomic mass is 9.99. The molecule has 23 heavy (non-hydrogen) atoms. The highest BCUT2D eigenvalue weighted by atomic mass is 19.4. The quantitative estimate of drug-likeness (QED) is 0.874. The van der Waals surface area contributed by atoms with Gasteiger partial charge in [0.2, 0.25) is 0 Å². The minimum absolute atomic E-state index is 0.0114. The highest BCUT2D eigenvalue weighted by Crippen LogP contribution is 2.33. The highest BCUT2D eigenvalue weighted by Gasteiger charge is 2.32. The van der Waals surface area contributed by atoms with E-state index < -0.39 is 29.7 Å². The Kier molecular flexibility index (Phi) is 4.82. The number of piperidine rings is 1. The summed E-state index contributed by atoms with van der Waals surface area (Å²) in [5, 5.41) is 11.5. The predicted molar refractivity (Wildman–Crippen MR) is 77.1 cm³/mol. The number of urea groups is 1. The third kappa shape index (κ3) is 4.14. The minimum atomic E-state index is -4.44. The number of alkyl halides is 3. The molecule has 0 bridgehead atoms. The van der Waals surface area contributed by atoms with Crippen LogP contribution in [0.3, 0.4) is 0 Å². The molecule has 0 aromatic heterocycles.